The van der Waals surface area contributed by atoms with Gasteiger partial charge in [-0.25, -0.2) is 0 Å². The van der Waals surface area contributed by atoms with Gasteiger partial charge in [-0.05, 0) is 49.9 Å². The first-order chi connectivity index (χ1) is 10.6. The van der Waals surface area contributed by atoms with Gasteiger partial charge in [0.15, 0.2) is 5.75 Å². The summed E-state index contributed by atoms with van der Waals surface area (Å²) in [5.74, 6) is 1.05. The Morgan fingerprint density at radius 2 is 2.09 bits per heavy atom. The van der Waals surface area contributed by atoms with Crippen molar-refractivity contribution in [1.82, 2.24) is 5.32 Å². The number of rotatable bonds is 7. The first-order valence-corrected chi connectivity index (χ1v) is 8.21. The Morgan fingerprint density at radius 3 is 2.73 bits per heavy atom. The normalized spacial score (nSPS) is 15.7. The van der Waals surface area contributed by atoms with E-state index in [0.717, 1.165) is 31.0 Å². The van der Waals surface area contributed by atoms with Crippen molar-refractivity contribution in [3.05, 3.63) is 32.8 Å². The Hall–Kier alpha value is -1.33. The Kier molecular flexibility index (Phi) is 6.46. The molecule has 0 heterocycles. The molecule has 0 aromatic heterocycles. The first kappa shape index (κ1) is 17.0. The molecule has 0 unspecified atom stereocenters. The minimum absolute atomic E-state index is 0.0913. The smallest absolute Gasteiger partial charge is 0.312 e. The van der Waals surface area contributed by atoms with E-state index in [1.54, 1.807) is 6.07 Å². The number of ether oxygens (including phenoxy) is 1. The largest absolute Gasteiger partial charge is 0.490 e. The van der Waals surface area contributed by atoms with Gasteiger partial charge >= 0.3 is 5.69 Å². The van der Waals surface area contributed by atoms with Crippen molar-refractivity contribution in [2.24, 2.45) is 5.92 Å². The monoisotopic (exact) mass is 326 g/mol. The highest BCUT2D eigenvalue weighted by molar-refractivity contribution is 6.31. The lowest BCUT2D eigenvalue weighted by Crippen LogP contribution is -2.26. The van der Waals surface area contributed by atoms with E-state index >= 15 is 0 Å². The third-order valence-corrected chi connectivity index (χ3v) is 4.63. The maximum Gasteiger partial charge on any atom is 0.312 e. The lowest BCUT2D eigenvalue weighted by Gasteiger charge is -2.21. The molecule has 0 saturated heterocycles. The number of benzene rings is 1. The van der Waals surface area contributed by atoms with Gasteiger partial charge in [-0.15, -0.1) is 0 Å². The molecule has 1 fully saturated rings. The minimum Gasteiger partial charge on any atom is -0.490 e. The second-order valence-electron chi connectivity index (χ2n) is 5.83. The van der Waals surface area contributed by atoms with Crippen molar-refractivity contribution in [3.63, 3.8) is 0 Å². The Bertz CT molecular complexity index is 516. The van der Waals surface area contributed by atoms with Gasteiger partial charge in [-0.3, -0.25) is 10.1 Å². The van der Waals surface area contributed by atoms with Crippen molar-refractivity contribution in [1.29, 1.82) is 0 Å². The minimum atomic E-state index is -0.476. The SMILES string of the molecule is COc1cc(CCNCC2CCCCC2)c(Cl)cc1[N+](=O)[O-]. The average Bonchev–Trinajstić information content (AvgIpc) is 2.53. The van der Waals surface area contributed by atoms with E-state index in [1.165, 1.54) is 45.3 Å². The molecule has 0 amide bonds. The van der Waals surface area contributed by atoms with E-state index in [4.69, 9.17) is 16.3 Å². The fourth-order valence-corrected chi connectivity index (χ4v) is 3.26. The van der Waals surface area contributed by atoms with Crippen LogP contribution in [-0.2, 0) is 6.42 Å². The molecule has 122 valence electrons. The number of nitrogens with one attached hydrogen (secondary N) is 1. The van der Waals surface area contributed by atoms with Crippen LogP contribution in [0.4, 0.5) is 5.69 Å². The number of methoxy groups -OCH3 is 1. The second-order valence-corrected chi connectivity index (χ2v) is 6.24. The van der Waals surface area contributed by atoms with Crippen LogP contribution in [0.2, 0.25) is 5.02 Å². The predicted octanol–water partition coefficient (Wildman–Crippen LogP) is 3.97. The molecule has 0 aliphatic heterocycles. The fourth-order valence-electron chi connectivity index (χ4n) is 3.00. The van der Waals surface area contributed by atoms with Gasteiger partial charge in [0.2, 0.25) is 0 Å². The molecule has 2 rings (SSSR count). The van der Waals surface area contributed by atoms with Gasteiger partial charge in [-0.2, -0.15) is 0 Å². The van der Waals surface area contributed by atoms with Crippen LogP contribution >= 0.6 is 11.6 Å². The van der Waals surface area contributed by atoms with Gasteiger partial charge in [0.05, 0.1) is 17.1 Å². The highest BCUT2D eigenvalue weighted by Crippen LogP contribution is 2.33. The van der Waals surface area contributed by atoms with Crippen LogP contribution in [-0.4, -0.2) is 25.1 Å². The summed E-state index contributed by atoms with van der Waals surface area (Å²) in [4.78, 5) is 10.5. The molecule has 5 nitrogen and oxygen atoms in total. The summed E-state index contributed by atoms with van der Waals surface area (Å²) in [5, 5.41) is 14.8. The van der Waals surface area contributed by atoms with Crippen LogP contribution in [0.1, 0.15) is 37.7 Å². The van der Waals surface area contributed by atoms with Crippen molar-refractivity contribution < 1.29 is 9.66 Å². The third-order valence-electron chi connectivity index (χ3n) is 4.27. The molecule has 22 heavy (non-hydrogen) atoms. The Balaban J connectivity index is 1.88. The van der Waals surface area contributed by atoms with Crippen LogP contribution in [0.15, 0.2) is 12.1 Å². The molecule has 0 bridgehead atoms. The van der Waals surface area contributed by atoms with E-state index in [9.17, 15) is 10.1 Å². The van der Waals surface area contributed by atoms with Crippen LogP contribution in [0.3, 0.4) is 0 Å². The lowest BCUT2D eigenvalue weighted by molar-refractivity contribution is -0.385. The molecule has 1 N–H and O–H groups in total. The molecule has 1 aliphatic carbocycles. The van der Waals surface area contributed by atoms with E-state index in [-0.39, 0.29) is 11.4 Å². The maximum absolute atomic E-state index is 10.9. The summed E-state index contributed by atoms with van der Waals surface area (Å²) in [6, 6.07) is 3.04. The zero-order chi connectivity index (χ0) is 15.9. The summed E-state index contributed by atoms with van der Waals surface area (Å²) >= 11 is 6.14. The average molecular weight is 327 g/mol. The number of nitrogens with zero attached hydrogens (tertiary/aromatic N) is 1. The van der Waals surface area contributed by atoms with Gasteiger partial charge in [-0.1, -0.05) is 30.9 Å². The lowest BCUT2D eigenvalue weighted by atomic mass is 9.89. The highest BCUT2D eigenvalue weighted by atomic mass is 35.5. The fraction of sp³-hybridized carbons (Fsp3) is 0.625. The first-order valence-electron chi connectivity index (χ1n) is 7.83. The van der Waals surface area contributed by atoms with E-state index < -0.39 is 4.92 Å². The van der Waals surface area contributed by atoms with E-state index in [1.807, 2.05) is 0 Å². The second kappa shape index (κ2) is 8.34. The van der Waals surface area contributed by atoms with Crippen LogP contribution in [0.5, 0.6) is 5.75 Å². The number of nitro benzene ring substituents is 1. The van der Waals surface area contributed by atoms with Crippen molar-refractivity contribution in [2.45, 2.75) is 38.5 Å². The summed E-state index contributed by atoms with van der Waals surface area (Å²) in [6.45, 7) is 1.86. The molecule has 0 radical (unpaired) electrons. The zero-order valence-electron chi connectivity index (χ0n) is 12.9. The van der Waals surface area contributed by atoms with Crippen molar-refractivity contribution in [3.8, 4) is 5.75 Å². The number of halogens is 1. The molecule has 0 atom stereocenters. The number of nitro groups is 1. The summed E-state index contributed by atoms with van der Waals surface area (Å²) < 4.78 is 5.08. The Morgan fingerprint density at radius 1 is 1.36 bits per heavy atom. The number of hydrogen-bond acceptors (Lipinski definition) is 4. The standard InChI is InChI=1S/C16H23ClN2O3/c1-22-16-9-13(14(17)10-15(16)19(20)21)7-8-18-11-12-5-3-2-4-6-12/h9-10,12,18H,2-8,11H2,1H3. The van der Waals surface area contributed by atoms with Gasteiger partial charge in [0, 0.05) is 6.07 Å². The van der Waals surface area contributed by atoms with Crippen LogP contribution < -0.4 is 10.1 Å². The van der Waals surface area contributed by atoms with Gasteiger partial charge in [0.25, 0.3) is 0 Å². The van der Waals surface area contributed by atoms with Crippen molar-refractivity contribution in [2.75, 3.05) is 20.2 Å². The zero-order valence-corrected chi connectivity index (χ0v) is 13.7. The quantitative estimate of drug-likeness (QED) is 0.468. The van der Waals surface area contributed by atoms with E-state index in [2.05, 4.69) is 5.32 Å². The van der Waals surface area contributed by atoms with Gasteiger partial charge in [0.1, 0.15) is 0 Å². The summed E-state index contributed by atoms with van der Waals surface area (Å²) in [6.07, 6.45) is 7.43. The maximum atomic E-state index is 10.9. The van der Waals surface area contributed by atoms with Gasteiger partial charge < -0.3 is 10.1 Å². The van der Waals surface area contributed by atoms with Crippen LogP contribution in [0.25, 0.3) is 0 Å². The molecular weight excluding hydrogens is 304 g/mol. The molecule has 1 saturated carbocycles. The number of hydrogen-bond donors (Lipinski definition) is 1. The highest BCUT2D eigenvalue weighted by Gasteiger charge is 2.18. The molecule has 6 heteroatoms. The molecule has 1 aliphatic rings. The molecule has 1 aromatic rings. The van der Waals surface area contributed by atoms with Crippen molar-refractivity contribution >= 4 is 17.3 Å². The summed E-state index contributed by atoms with van der Waals surface area (Å²) in [5.41, 5.74) is 0.784. The third kappa shape index (κ3) is 4.58. The van der Waals surface area contributed by atoms with Crippen LogP contribution in [0, 0.1) is 16.0 Å². The summed E-state index contributed by atoms with van der Waals surface area (Å²) in [7, 11) is 1.43. The Labute approximate surface area is 136 Å². The topological polar surface area (TPSA) is 64.4 Å². The molecule has 0 spiro atoms. The molecular formula is C16H23ClN2O3. The molecule has 1 aromatic carbocycles. The van der Waals surface area contributed by atoms with E-state index in [0.29, 0.717) is 5.02 Å². The predicted molar refractivity (Wildman–Crippen MR) is 87.8 cm³/mol.